The number of alkyl carbamates (subject to hydrolysis) is 1. The Hall–Kier alpha value is -1.34. The van der Waals surface area contributed by atoms with Gasteiger partial charge in [0.1, 0.15) is 6.04 Å². The molecule has 4 aliphatic carbocycles. The largest absolute Gasteiger partial charge is 0.467 e. The van der Waals surface area contributed by atoms with Crippen molar-refractivity contribution in [3.8, 4) is 0 Å². The third-order valence-electron chi connectivity index (χ3n) is 11.9. The molecule has 4 fully saturated rings. The van der Waals surface area contributed by atoms with E-state index in [2.05, 4.69) is 26.1 Å². The summed E-state index contributed by atoms with van der Waals surface area (Å²) in [5, 5.41) is 24.9. The van der Waals surface area contributed by atoms with Gasteiger partial charge in [0.05, 0.1) is 25.9 Å². The fourth-order valence-corrected chi connectivity index (χ4v) is 9.83. The number of nitrogens with one attached hydrogen (secondary N) is 1. The molecule has 4 aliphatic rings. The Morgan fingerprint density at radius 1 is 1.00 bits per heavy atom. The van der Waals surface area contributed by atoms with Crippen molar-refractivity contribution in [3.63, 3.8) is 0 Å². The number of rotatable bonds is 8. The Bertz CT molecular complexity index is 848. The first-order valence-corrected chi connectivity index (χ1v) is 15.3. The lowest BCUT2D eigenvalue weighted by Crippen LogP contribution is -2.62. The van der Waals surface area contributed by atoms with E-state index in [4.69, 9.17) is 9.47 Å². The summed E-state index contributed by atoms with van der Waals surface area (Å²) in [7, 11) is 1.32. The quantitative estimate of drug-likeness (QED) is 0.287. The summed E-state index contributed by atoms with van der Waals surface area (Å²) in [6.07, 6.45) is 9.32. The topological polar surface area (TPSA) is 105 Å². The molecular formula is C31H53NO6. The normalized spacial score (nSPS) is 43.0. The number of aliphatic hydroxyl groups is 2. The zero-order chi connectivity index (χ0) is 27.8. The molecule has 1 amide bonds. The molecule has 0 radical (unpaired) electrons. The molecule has 3 N–H and O–H groups in total. The molecule has 0 heterocycles. The summed E-state index contributed by atoms with van der Waals surface area (Å²) in [4.78, 5) is 24.2. The van der Waals surface area contributed by atoms with Gasteiger partial charge in [-0.2, -0.15) is 0 Å². The number of esters is 1. The van der Waals surface area contributed by atoms with Crippen molar-refractivity contribution in [2.75, 3.05) is 13.7 Å². The Labute approximate surface area is 229 Å². The number of ether oxygens (including phenoxy) is 2. The number of hydrogen-bond donors (Lipinski definition) is 3. The first kappa shape index (κ1) is 29.6. The molecule has 38 heavy (non-hydrogen) atoms. The van der Waals surface area contributed by atoms with Crippen molar-refractivity contribution in [1.29, 1.82) is 0 Å². The van der Waals surface area contributed by atoms with E-state index in [1.807, 2.05) is 13.8 Å². The van der Waals surface area contributed by atoms with Gasteiger partial charge in [-0.3, -0.25) is 0 Å². The average molecular weight is 536 g/mol. The lowest BCUT2D eigenvalue weighted by atomic mass is 9.41. The smallest absolute Gasteiger partial charge is 0.407 e. The molecule has 7 nitrogen and oxygen atoms in total. The predicted octanol–water partition coefficient (Wildman–Crippen LogP) is 5.32. The SMILES string of the molecule is CC[C@H]1[C@@H](O)[C@@H]2[C@H](CC[C@]3(C)[C@@H](CCCOC(=O)NC(C(=O)OC)C(C)C)CC[C@@H]23)[C@@]2(C)CC[C@@H](O)C[C@@H]12. The summed E-state index contributed by atoms with van der Waals surface area (Å²) in [5.74, 6) is 2.17. The predicted molar refractivity (Wildman–Crippen MR) is 146 cm³/mol. The van der Waals surface area contributed by atoms with E-state index in [-0.39, 0.29) is 34.9 Å². The maximum absolute atomic E-state index is 12.3. The molecule has 4 rings (SSSR count). The van der Waals surface area contributed by atoms with Gasteiger partial charge in [0.25, 0.3) is 0 Å². The van der Waals surface area contributed by atoms with E-state index in [1.165, 1.54) is 32.8 Å². The monoisotopic (exact) mass is 535 g/mol. The number of carbonyl (C=O) groups is 2. The van der Waals surface area contributed by atoms with E-state index in [9.17, 15) is 19.8 Å². The van der Waals surface area contributed by atoms with Gasteiger partial charge in [0.2, 0.25) is 0 Å². The van der Waals surface area contributed by atoms with Crippen LogP contribution in [0.4, 0.5) is 4.79 Å². The van der Waals surface area contributed by atoms with E-state index < -0.39 is 18.1 Å². The van der Waals surface area contributed by atoms with Crippen LogP contribution in [0.25, 0.3) is 0 Å². The van der Waals surface area contributed by atoms with Gasteiger partial charge < -0.3 is 25.0 Å². The van der Waals surface area contributed by atoms with Crippen molar-refractivity contribution in [2.24, 2.45) is 52.3 Å². The van der Waals surface area contributed by atoms with Crippen LogP contribution >= 0.6 is 0 Å². The van der Waals surface area contributed by atoms with Crippen LogP contribution in [0.5, 0.6) is 0 Å². The molecule has 0 aromatic carbocycles. The van der Waals surface area contributed by atoms with Crippen molar-refractivity contribution in [3.05, 3.63) is 0 Å². The molecule has 4 saturated carbocycles. The van der Waals surface area contributed by atoms with Gasteiger partial charge >= 0.3 is 12.1 Å². The minimum Gasteiger partial charge on any atom is -0.467 e. The number of hydrogen-bond acceptors (Lipinski definition) is 6. The minimum absolute atomic E-state index is 0.0841. The van der Waals surface area contributed by atoms with Crippen LogP contribution in [0.2, 0.25) is 0 Å². The highest BCUT2D eigenvalue weighted by molar-refractivity contribution is 5.81. The summed E-state index contributed by atoms with van der Waals surface area (Å²) in [6.45, 7) is 11.2. The van der Waals surface area contributed by atoms with Crippen molar-refractivity contribution >= 4 is 12.1 Å². The van der Waals surface area contributed by atoms with Gasteiger partial charge in [-0.1, -0.05) is 41.0 Å². The summed E-state index contributed by atoms with van der Waals surface area (Å²) < 4.78 is 10.2. The minimum atomic E-state index is -0.708. The summed E-state index contributed by atoms with van der Waals surface area (Å²) >= 11 is 0. The number of fused-ring (bicyclic) bond motifs is 5. The maximum Gasteiger partial charge on any atom is 0.407 e. The van der Waals surface area contributed by atoms with Crippen molar-refractivity contribution in [2.45, 2.75) is 117 Å². The van der Waals surface area contributed by atoms with Crippen molar-refractivity contribution in [1.82, 2.24) is 5.32 Å². The molecule has 7 heteroatoms. The van der Waals surface area contributed by atoms with Gasteiger partial charge in [0.15, 0.2) is 0 Å². The Morgan fingerprint density at radius 2 is 1.68 bits per heavy atom. The van der Waals surface area contributed by atoms with E-state index >= 15 is 0 Å². The van der Waals surface area contributed by atoms with Gasteiger partial charge in [-0.25, -0.2) is 9.59 Å². The zero-order valence-corrected chi connectivity index (χ0v) is 24.6. The molecular weight excluding hydrogens is 482 g/mol. The van der Waals surface area contributed by atoms with Crippen molar-refractivity contribution < 1.29 is 29.3 Å². The molecule has 1 unspecified atom stereocenters. The molecule has 0 aliphatic heterocycles. The van der Waals surface area contributed by atoms with Crippen LogP contribution in [-0.4, -0.2) is 54.2 Å². The second kappa shape index (κ2) is 11.6. The molecule has 0 bridgehead atoms. The molecule has 0 aromatic rings. The van der Waals surface area contributed by atoms with Crippen LogP contribution in [-0.2, 0) is 14.3 Å². The lowest BCUT2D eigenvalue weighted by Gasteiger charge is -2.64. The fourth-order valence-electron chi connectivity index (χ4n) is 9.83. The average Bonchev–Trinajstić information content (AvgIpc) is 3.22. The van der Waals surface area contributed by atoms with Gasteiger partial charge in [0, 0.05) is 0 Å². The first-order chi connectivity index (χ1) is 18.0. The number of methoxy groups -OCH3 is 1. The van der Waals surface area contributed by atoms with Crippen LogP contribution in [0.15, 0.2) is 0 Å². The van der Waals surface area contributed by atoms with Crippen LogP contribution in [0.1, 0.15) is 98.8 Å². The summed E-state index contributed by atoms with van der Waals surface area (Å²) in [5.41, 5.74) is 0.441. The Kier molecular flexibility index (Phi) is 9.08. The van der Waals surface area contributed by atoms with E-state index in [0.29, 0.717) is 36.2 Å². The summed E-state index contributed by atoms with van der Waals surface area (Å²) in [6, 6.07) is -0.708. The Balaban J connectivity index is 1.36. The highest BCUT2D eigenvalue weighted by atomic mass is 16.6. The number of aliphatic hydroxyl groups excluding tert-OH is 2. The third kappa shape index (κ3) is 5.23. The molecule has 0 aromatic heterocycles. The number of carbonyl (C=O) groups excluding carboxylic acids is 2. The Morgan fingerprint density at radius 3 is 2.34 bits per heavy atom. The van der Waals surface area contributed by atoms with E-state index in [1.54, 1.807) is 0 Å². The van der Waals surface area contributed by atoms with Gasteiger partial charge in [-0.15, -0.1) is 0 Å². The fraction of sp³-hybridized carbons (Fsp3) is 0.935. The van der Waals surface area contributed by atoms with Crippen LogP contribution in [0.3, 0.4) is 0 Å². The van der Waals surface area contributed by atoms with Gasteiger partial charge in [-0.05, 0) is 110 Å². The van der Waals surface area contributed by atoms with E-state index in [0.717, 1.165) is 38.5 Å². The molecule has 218 valence electrons. The second-order valence-corrected chi connectivity index (χ2v) is 13.9. The molecule has 0 spiro atoms. The standard InChI is InChI=1S/C31H53NO6/c1-7-21-24-17-20(33)12-14-31(24,5)23-13-15-30(4)19(10-11-22(30)25(23)27(21)34)9-8-16-38-29(36)32-26(18(2)3)28(35)37-6/h18-27,33-34H,7-17H2,1-6H3,(H,32,36)/t19-,20+,21+,22-,23-,24-,25-,26?,27+,30+,31+/m0/s1. The highest BCUT2D eigenvalue weighted by Gasteiger charge is 2.64. The third-order valence-corrected chi connectivity index (χ3v) is 11.9. The highest BCUT2D eigenvalue weighted by Crippen LogP contribution is 2.69. The number of amides is 1. The lowest BCUT2D eigenvalue weighted by molar-refractivity contribution is -0.202. The second-order valence-electron chi connectivity index (χ2n) is 13.9. The maximum atomic E-state index is 12.3. The zero-order valence-electron chi connectivity index (χ0n) is 24.6. The van der Waals surface area contributed by atoms with Crippen LogP contribution < -0.4 is 5.32 Å². The van der Waals surface area contributed by atoms with Crippen LogP contribution in [0, 0.1) is 52.3 Å². The molecule has 11 atom stereocenters. The first-order valence-electron chi connectivity index (χ1n) is 15.3. The molecule has 0 saturated heterocycles.